The van der Waals surface area contributed by atoms with Crippen LogP contribution in [0.3, 0.4) is 0 Å². The van der Waals surface area contributed by atoms with Gasteiger partial charge in [-0.2, -0.15) is 0 Å². The van der Waals surface area contributed by atoms with Crippen molar-refractivity contribution >= 4 is 11.9 Å². The first-order valence-electron chi connectivity index (χ1n) is 11.2. The molecule has 0 atom stereocenters. The van der Waals surface area contributed by atoms with Crippen molar-refractivity contribution in [2.24, 2.45) is 0 Å². The van der Waals surface area contributed by atoms with E-state index in [-0.39, 0.29) is 11.9 Å². The number of benzene rings is 3. The molecule has 0 saturated heterocycles. The fourth-order valence-corrected chi connectivity index (χ4v) is 3.41. The van der Waals surface area contributed by atoms with Crippen LogP contribution in [0.15, 0.2) is 78.9 Å². The number of hydrogen-bond donors (Lipinski definition) is 1. The van der Waals surface area contributed by atoms with Crippen molar-refractivity contribution in [3.8, 4) is 16.9 Å². The van der Waals surface area contributed by atoms with E-state index >= 15 is 0 Å². The van der Waals surface area contributed by atoms with Crippen LogP contribution in [0.1, 0.15) is 31.9 Å². The summed E-state index contributed by atoms with van der Waals surface area (Å²) in [5.41, 5.74) is 3.27. The first-order valence-corrected chi connectivity index (χ1v) is 11.2. The molecule has 0 fully saturated rings. The SMILES string of the molecule is CCOC(=O)C(C)(C)Oc1ccc(-c2ccc(CCNC(=O)Cc3ccccc3)cc2)cc1. The Labute approximate surface area is 195 Å². The van der Waals surface area contributed by atoms with Crippen molar-refractivity contribution in [3.63, 3.8) is 0 Å². The van der Waals surface area contributed by atoms with Gasteiger partial charge in [-0.3, -0.25) is 4.79 Å². The first kappa shape index (κ1) is 24.1. The molecule has 5 nitrogen and oxygen atoms in total. The van der Waals surface area contributed by atoms with Crippen LogP contribution in [-0.2, 0) is 27.2 Å². The maximum atomic E-state index is 12.1. The summed E-state index contributed by atoms with van der Waals surface area (Å²) in [7, 11) is 0. The highest BCUT2D eigenvalue weighted by atomic mass is 16.6. The second kappa shape index (κ2) is 11.3. The summed E-state index contributed by atoms with van der Waals surface area (Å²) in [6.07, 6.45) is 1.17. The quantitative estimate of drug-likeness (QED) is 0.447. The lowest BCUT2D eigenvalue weighted by Crippen LogP contribution is -2.39. The van der Waals surface area contributed by atoms with Crippen LogP contribution < -0.4 is 10.1 Å². The number of ether oxygens (including phenoxy) is 2. The molecule has 0 aliphatic carbocycles. The van der Waals surface area contributed by atoms with Crippen LogP contribution in [0.5, 0.6) is 5.75 Å². The maximum absolute atomic E-state index is 12.1. The molecule has 0 aliphatic rings. The van der Waals surface area contributed by atoms with Gasteiger partial charge in [-0.05, 0) is 61.6 Å². The van der Waals surface area contributed by atoms with Gasteiger partial charge in [-0.1, -0.05) is 66.7 Å². The van der Waals surface area contributed by atoms with Gasteiger partial charge in [0.05, 0.1) is 13.0 Å². The van der Waals surface area contributed by atoms with Gasteiger partial charge < -0.3 is 14.8 Å². The summed E-state index contributed by atoms with van der Waals surface area (Å²) in [4.78, 5) is 24.1. The highest BCUT2D eigenvalue weighted by molar-refractivity contribution is 5.79. The molecule has 0 bridgehead atoms. The number of nitrogens with one attached hydrogen (secondary N) is 1. The highest BCUT2D eigenvalue weighted by Gasteiger charge is 2.31. The topological polar surface area (TPSA) is 64.6 Å². The summed E-state index contributed by atoms with van der Waals surface area (Å²) in [6, 6.07) is 25.7. The van der Waals surface area contributed by atoms with Crippen molar-refractivity contribution in [3.05, 3.63) is 90.0 Å². The molecular weight excluding hydrogens is 414 g/mol. The molecule has 0 spiro atoms. The molecule has 0 unspecified atom stereocenters. The van der Waals surface area contributed by atoms with Crippen LogP contribution in [0.25, 0.3) is 11.1 Å². The Balaban J connectivity index is 1.50. The van der Waals surface area contributed by atoms with E-state index in [0.29, 0.717) is 25.3 Å². The van der Waals surface area contributed by atoms with Crippen molar-refractivity contribution in [1.29, 1.82) is 0 Å². The van der Waals surface area contributed by atoms with Crippen LogP contribution >= 0.6 is 0 Å². The van der Waals surface area contributed by atoms with Crippen molar-refractivity contribution in [2.75, 3.05) is 13.2 Å². The molecule has 0 aromatic heterocycles. The van der Waals surface area contributed by atoms with Crippen LogP contribution in [0.4, 0.5) is 0 Å². The standard InChI is InChI=1S/C28H31NO4/c1-4-32-27(31)28(2,3)33-25-16-14-24(15-17-25)23-12-10-21(11-13-23)18-19-29-26(30)20-22-8-6-5-7-9-22/h5-17H,4,18-20H2,1-3H3,(H,29,30). The number of carbonyl (C=O) groups is 2. The smallest absolute Gasteiger partial charge is 0.349 e. The van der Waals surface area contributed by atoms with Gasteiger partial charge in [-0.25, -0.2) is 4.79 Å². The Bertz CT molecular complexity index is 1040. The lowest BCUT2D eigenvalue weighted by atomic mass is 10.0. The second-order valence-corrected chi connectivity index (χ2v) is 8.32. The average Bonchev–Trinajstić information content (AvgIpc) is 2.81. The van der Waals surface area contributed by atoms with E-state index < -0.39 is 5.60 Å². The van der Waals surface area contributed by atoms with Gasteiger partial charge in [0.2, 0.25) is 5.91 Å². The van der Waals surface area contributed by atoms with E-state index in [9.17, 15) is 9.59 Å². The lowest BCUT2D eigenvalue weighted by molar-refractivity contribution is -0.158. The number of amides is 1. The van der Waals surface area contributed by atoms with E-state index in [1.165, 1.54) is 0 Å². The average molecular weight is 446 g/mol. The van der Waals surface area contributed by atoms with Gasteiger partial charge in [0.15, 0.2) is 5.60 Å². The van der Waals surface area contributed by atoms with E-state index in [0.717, 1.165) is 28.7 Å². The summed E-state index contributed by atoms with van der Waals surface area (Å²) >= 11 is 0. The largest absolute Gasteiger partial charge is 0.476 e. The number of esters is 1. The van der Waals surface area contributed by atoms with E-state index in [1.807, 2.05) is 54.6 Å². The van der Waals surface area contributed by atoms with Crippen LogP contribution in [0.2, 0.25) is 0 Å². The monoisotopic (exact) mass is 445 g/mol. The molecule has 0 radical (unpaired) electrons. The molecule has 3 aromatic rings. The Kier molecular flexibility index (Phi) is 8.25. The van der Waals surface area contributed by atoms with Crippen molar-refractivity contribution in [2.45, 2.75) is 39.2 Å². The Morgan fingerprint density at radius 3 is 2.03 bits per heavy atom. The Morgan fingerprint density at radius 2 is 1.42 bits per heavy atom. The second-order valence-electron chi connectivity index (χ2n) is 8.32. The first-order chi connectivity index (χ1) is 15.9. The molecule has 0 aliphatic heterocycles. The minimum Gasteiger partial charge on any atom is -0.476 e. The van der Waals surface area contributed by atoms with Gasteiger partial charge in [-0.15, -0.1) is 0 Å². The number of carbonyl (C=O) groups excluding carboxylic acids is 2. The number of hydrogen-bond acceptors (Lipinski definition) is 4. The number of rotatable bonds is 10. The summed E-state index contributed by atoms with van der Waals surface area (Å²) in [5.74, 6) is 0.256. The normalized spacial score (nSPS) is 11.0. The summed E-state index contributed by atoms with van der Waals surface area (Å²) in [5, 5.41) is 2.98. The predicted octanol–water partition coefficient (Wildman–Crippen LogP) is 4.98. The maximum Gasteiger partial charge on any atom is 0.349 e. The molecule has 0 saturated carbocycles. The molecule has 5 heteroatoms. The zero-order valence-corrected chi connectivity index (χ0v) is 19.5. The molecule has 33 heavy (non-hydrogen) atoms. The van der Waals surface area contributed by atoms with Gasteiger partial charge in [0.1, 0.15) is 5.75 Å². The fourth-order valence-electron chi connectivity index (χ4n) is 3.41. The van der Waals surface area contributed by atoms with Crippen molar-refractivity contribution in [1.82, 2.24) is 5.32 Å². The third kappa shape index (κ3) is 7.21. The van der Waals surface area contributed by atoms with Gasteiger partial charge in [0.25, 0.3) is 0 Å². The molecule has 3 rings (SSSR count). The predicted molar refractivity (Wildman–Crippen MR) is 130 cm³/mol. The highest BCUT2D eigenvalue weighted by Crippen LogP contribution is 2.25. The Hall–Kier alpha value is -3.60. The summed E-state index contributed by atoms with van der Waals surface area (Å²) in [6.45, 7) is 6.09. The molecule has 3 aromatic carbocycles. The minimum atomic E-state index is -1.05. The zero-order valence-electron chi connectivity index (χ0n) is 19.5. The third-order valence-electron chi connectivity index (χ3n) is 5.22. The van der Waals surface area contributed by atoms with E-state index in [1.54, 1.807) is 20.8 Å². The molecule has 1 N–H and O–H groups in total. The molecule has 1 amide bonds. The Morgan fingerprint density at radius 1 is 0.818 bits per heavy atom. The van der Waals surface area contributed by atoms with Crippen molar-refractivity contribution < 1.29 is 19.1 Å². The van der Waals surface area contributed by atoms with Gasteiger partial charge in [0, 0.05) is 6.54 Å². The van der Waals surface area contributed by atoms with Crippen LogP contribution in [0, 0.1) is 0 Å². The third-order valence-corrected chi connectivity index (χ3v) is 5.22. The zero-order chi connectivity index (χ0) is 23.7. The van der Waals surface area contributed by atoms with Gasteiger partial charge >= 0.3 is 5.97 Å². The molecule has 0 heterocycles. The van der Waals surface area contributed by atoms with E-state index in [2.05, 4.69) is 29.6 Å². The fraction of sp³-hybridized carbons (Fsp3) is 0.286. The van der Waals surface area contributed by atoms with E-state index in [4.69, 9.17) is 9.47 Å². The summed E-state index contributed by atoms with van der Waals surface area (Å²) < 4.78 is 10.9. The molecule has 172 valence electrons. The molecular formula is C28H31NO4. The van der Waals surface area contributed by atoms with Crippen LogP contribution in [-0.4, -0.2) is 30.6 Å². The lowest BCUT2D eigenvalue weighted by Gasteiger charge is -2.24. The minimum absolute atomic E-state index is 0.0336.